The summed E-state index contributed by atoms with van der Waals surface area (Å²) in [7, 11) is -4.14. The Labute approximate surface area is 243 Å². The van der Waals surface area contributed by atoms with Gasteiger partial charge in [0, 0.05) is 17.6 Å². The van der Waals surface area contributed by atoms with Gasteiger partial charge in [-0.3, -0.25) is 13.9 Å². The van der Waals surface area contributed by atoms with E-state index in [4.69, 9.17) is 11.6 Å². The van der Waals surface area contributed by atoms with Crippen molar-refractivity contribution in [3.63, 3.8) is 0 Å². The Morgan fingerprint density at radius 3 is 2.17 bits per heavy atom. The zero-order chi connectivity index (χ0) is 29.6. The van der Waals surface area contributed by atoms with Gasteiger partial charge in [-0.25, -0.2) is 8.42 Å². The molecule has 0 bridgehead atoms. The Kier molecular flexibility index (Phi) is 10.4. The average Bonchev–Trinajstić information content (AvgIpc) is 2.87. The third-order valence-corrected chi connectivity index (χ3v) is 8.58. The van der Waals surface area contributed by atoms with Crippen molar-refractivity contribution in [2.45, 2.75) is 71.5 Å². The molecule has 3 aromatic carbocycles. The second-order valence-electron chi connectivity index (χ2n) is 10.4. The summed E-state index contributed by atoms with van der Waals surface area (Å²) in [6, 6.07) is 18.2. The lowest BCUT2D eigenvalue weighted by molar-refractivity contribution is -0.140. The van der Waals surface area contributed by atoms with Crippen LogP contribution in [0.3, 0.4) is 0 Å². The number of hydrogen-bond donors (Lipinski definition) is 1. The molecular weight excluding hydrogens is 546 g/mol. The van der Waals surface area contributed by atoms with E-state index in [1.807, 2.05) is 58.9 Å². The summed E-state index contributed by atoms with van der Waals surface area (Å²) in [5.41, 5.74) is 3.72. The van der Waals surface area contributed by atoms with Crippen LogP contribution in [0.5, 0.6) is 0 Å². The van der Waals surface area contributed by atoms with E-state index in [2.05, 4.69) is 5.32 Å². The number of hydrogen-bond acceptors (Lipinski definition) is 4. The van der Waals surface area contributed by atoms with E-state index in [0.717, 1.165) is 21.0 Å². The molecule has 40 heavy (non-hydrogen) atoms. The van der Waals surface area contributed by atoms with Gasteiger partial charge in [-0.15, -0.1) is 0 Å². The van der Waals surface area contributed by atoms with Crippen LogP contribution in [0.25, 0.3) is 0 Å². The topological polar surface area (TPSA) is 86.8 Å². The van der Waals surface area contributed by atoms with Gasteiger partial charge in [0.05, 0.1) is 10.6 Å². The molecule has 0 aromatic heterocycles. The molecule has 0 radical (unpaired) electrons. The summed E-state index contributed by atoms with van der Waals surface area (Å²) < 4.78 is 29.1. The number of benzene rings is 3. The fourth-order valence-corrected chi connectivity index (χ4v) is 6.26. The largest absolute Gasteiger partial charge is 0.352 e. The van der Waals surface area contributed by atoms with Crippen molar-refractivity contribution in [1.29, 1.82) is 0 Å². The number of nitrogens with zero attached hydrogens (tertiary/aromatic N) is 2. The van der Waals surface area contributed by atoms with E-state index < -0.39 is 28.5 Å². The van der Waals surface area contributed by atoms with Gasteiger partial charge in [-0.1, -0.05) is 66.0 Å². The molecule has 0 aliphatic heterocycles. The minimum absolute atomic E-state index is 0.0649. The molecule has 1 atom stereocenters. The molecular formula is C31H38ClN3O4S. The van der Waals surface area contributed by atoms with Crippen LogP contribution in [0.1, 0.15) is 49.4 Å². The smallest absolute Gasteiger partial charge is 0.264 e. The first-order valence-corrected chi connectivity index (χ1v) is 15.2. The van der Waals surface area contributed by atoms with Crippen molar-refractivity contribution < 1.29 is 18.0 Å². The quantitative estimate of drug-likeness (QED) is 0.309. The highest BCUT2D eigenvalue weighted by atomic mass is 35.5. The Morgan fingerprint density at radius 1 is 0.925 bits per heavy atom. The van der Waals surface area contributed by atoms with Gasteiger partial charge in [0.2, 0.25) is 11.8 Å². The number of amides is 2. The first-order chi connectivity index (χ1) is 18.8. The molecule has 7 nitrogen and oxygen atoms in total. The van der Waals surface area contributed by atoms with Crippen LogP contribution < -0.4 is 9.62 Å². The Morgan fingerprint density at radius 2 is 1.60 bits per heavy atom. The number of halogens is 1. The number of nitrogens with one attached hydrogen (secondary N) is 1. The Balaban J connectivity index is 2.10. The molecule has 2 amide bonds. The predicted octanol–water partition coefficient (Wildman–Crippen LogP) is 5.79. The zero-order valence-electron chi connectivity index (χ0n) is 23.9. The van der Waals surface area contributed by atoms with E-state index in [1.165, 1.54) is 17.0 Å². The standard InChI is InChI=1S/C31H38ClN3O4S/c1-7-28(31(37)33-21(2)3)34(19-25-10-8-9-23(5)17-25)30(36)20-35(29-16-13-26(32)18-24(29)6)40(38,39)27-14-11-22(4)12-15-27/h8-18,21,28H,7,19-20H2,1-6H3,(H,33,37)/t28-/m0/s1. The molecule has 0 spiro atoms. The number of sulfonamides is 1. The molecule has 9 heteroatoms. The molecule has 0 saturated heterocycles. The van der Waals surface area contributed by atoms with E-state index in [9.17, 15) is 18.0 Å². The van der Waals surface area contributed by atoms with Crippen molar-refractivity contribution in [1.82, 2.24) is 10.2 Å². The molecule has 0 heterocycles. The highest BCUT2D eigenvalue weighted by Crippen LogP contribution is 2.29. The van der Waals surface area contributed by atoms with Crippen molar-refractivity contribution in [3.05, 3.63) is 94.0 Å². The zero-order valence-corrected chi connectivity index (χ0v) is 25.5. The van der Waals surface area contributed by atoms with Crippen LogP contribution in [0, 0.1) is 20.8 Å². The highest BCUT2D eigenvalue weighted by molar-refractivity contribution is 7.92. The van der Waals surface area contributed by atoms with E-state index >= 15 is 0 Å². The summed E-state index contributed by atoms with van der Waals surface area (Å²) in [5, 5.41) is 3.36. The maximum atomic E-state index is 14.1. The minimum atomic E-state index is -4.14. The molecule has 1 N–H and O–H groups in total. The lowest BCUT2D eigenvalue weighted by atomic mass is 10.1. The number of aryl methyl sites for hydroxylation is 3. The first kappa shape index (κ1) is 31.2. The van der Waals surface area contributed by atoms with Crippen LogP contribution >= 0.6 is 11.6 Å². The summed E-state index contributed by atoms with van der Waals surface area (Å²) in [6.45, 7) is 10.8. The number of anilines is 1. The normalized spacial score (nSPS) is 12.2. The monoisotopic (exact) mass is 583 g/mol. The molecule has 214 valence electrons. The van der Waals surface area contributed by atoms with Crippen molar-refractivity contribution in [2.24, 2.45) is 0 Å². The predicted molar refractivity (Wildman–Crippen MR) is 161 cm³/mol. The van der Waals surface area contributed by atoms with Crippen LogP contribution in [-0.4, -0.2) is 43.8 Å². The van der Waals surface area contributed by atoms with Gasteiger partial charge in [-0.05, 0) is 82.5 Å². The third kappa shape index (κ3) is 7.64. The number of carbonyl (C=O) groups is 2. The summed E-state index contributed by atoms with van der Waals surface area (Å²) in [5.74, 6) is -0.772. The second kappa shape index (κ2) is 13.3. The van der Waals surface area contributed by atoms with Crippen molar-refractivity contribution in [2.75, 3.05) is 10.8 Å². The Hall–Kier alpha value is -3.36. The lowest BCUT2D eigenvalue weighted by Gasteiger charge is -2.34. The average molecular weight is 584 g/mol. The van der Waals surface area contributed by atoms with Crippen LogP contribution in [0.4, 0.5) is 5.69 Å². The molecule has 0 aliphatic carbocycles. The highest BCUT2D eigenvalue weighted by Gasteiger charge is 2.34. The van der Waals surface area contributed by atoms with Gasteiger partial charge in [0.25, 0.3) is 10.0 Å². The Bertz CT molecular complexity index is 1460. The molecule has 3 aromatic rings. The summed E-state index contributed by atoms with van der Waals surface area (Å²) >= 11 is 6.18. The second-order valence-corrected chi connectivity index (χ2v) is 12.7. The first-order valence-electron chi connectivity index (χ1n) is 13.3. The summed E-state index contributed by atoms with van der Waals surface area (Å²) in [6.07, 6.45) is 0.362. The van der Waals surface area contributed by atoms with Gasteiger partial charge in [0.1, 0.15) is 12.6 Å². The van der Waals surface area contributed by atoms with Crippen LogP contribution in [-0.2, 0) is 26.2 Å². The molecule has 0 fully saturated rings. The number of carbonyl (C=O) groups excluding carboxylic acids is 2. The van der Waals surface area contributed by atoms with E-state index in [1.54, 1.807) is 37.3 Å². The van der Waals surface area contributed by atoms with Crippen LogP contribution in [0.15, 0.2) is 71.6 Å². The van der Waals surface area contributed by atoms with Gasteiger partial charge in [-0.2, -0.15) is 0 Å². The van der Waals surface area contributed by atoms with E-state index in [0.29, 0.717) is 22.7 Å². The molecule has 0 saturated carbocycles. The maximum Gasteiger partial charge on any atom is 0.264 e. The lowest BCUT2D eigenvalue weighted by Crippen LogP contribution is -2.53. The molecule has 3 rings (SSSR count). The van der Waals surface area contributed by atoms with Crippen LogP contribution in [0.2, 0.25) is 5.02 Å². The number of rotatable bonds is 11. The van der Waals surface area contributed by atoms with Crippen molar-refractivity contribution in [3.8, 4) is 0 Å². The van der Waals surface area contributed by atoms with Crippen molar-refractivity contribution >= 4 is 39.1 Å². The summed E-state index contributed by atoms with van der Waals surface area (Å²) in [4.78, 5) is 28.9. The van der Waals surface area contributed by atoms with E-state index in [-0.39, 0.29) is 23.4 Å². The third-order valence-electron chi connectivity index (χ3n) is 6.57. The molecule has 0 aliphatic rings. The minimum Gasteiger partial charge on any atom is -0.352 e. The van der Waals surface area contributed by atoms with Gasteiger partial charge < -0.3 is 10.2 Å². The fraction of sp³-hybridized carbons (Fsp3) is 0.355. The SMILES string of the molecule is CC[C@@H](C(=O)NC(C)C)N(Cc1cccc(C)c1)C(=O)CN(c1ccc(Cl)cc1C)S(=O)(=O)c1ccc(C)cc1. The fourth-order valence-electron chi connectivity index (χ4n) is 4.56. The molecule has 0 unspecified atom stereocenters. The van der Waals surface area contributed by atoms with Gasteiger partial charge in [0.15, 0.2) is 0 Å². The van der Waals surface area contributed by atoms with Gasteiger partial charge >= 0.3 is 0 Å². The maximum absolute atomic E-state index is 14.1.